The lowest BCUT2D eigenvalue weighted by molar-refractivity contribution is 0.969. The van der Waals surface area contributed by atoms with E-state index in [4.69, 9.17) is 0 Å². The van der Waals surface area contributed by atoms with E-state index in [2.05, 4.69) is 228 Å². The van der Waals surface area contributed by atoms with Crippen molar-refractivity contribution in [1.82, 2.24) is 4.57 Å². The zero-order valence-electron chi connectivity index (χ0n) is 33.5. The van der Waals surface area contributed by atoms with Gasteiger partial charge in [-0.3, -0.25) is 0 Å². The second-order valence-electron chi connectivity index (χ2n) is 16.0. The Labute approximate surface area is 352 Å². The molecule has 0 bridgehead atoms. The fourth-order valence-corrected chi connectivity index (χ4v) is 9.35. The molecular weight excluding hydrogens is 725 g/mol. The van der Waals surface area contributed by atoms with Crippen molar-refractivity contribution >= 4 is 50.5 Å². The van der Waals surface area contributed by atoms with Crippen molar-refractivity contribution in [2.24, 2.45) is 0 Å². The van der Waals surface area contributed by atoms with Gasteiger partial charge in [-0.1, -0.05) is 146 Å². The molecule has 11 rings (SSSR count). The highest BCUT2D eigenvalue weighted by Crippen LogP contribution is 2.40. The Balaban J connectivity index is 0.962. The standard InChI is InChI=1S/C58H44N2/c1-3-14-41(15-4-1)42-26-32-49(33-27-42)59(51-36-30-44(31-37-51)48-38-47-18-7-8-21-53(47)56(40-48)45-16-5-2-6-17-45)50-34-28-43(29-35-50)46-19-13-20-52(39-46)60-57-24-11-9-22-54(57)55-23-10-12-25-58(55)60/h1-5,7,9-16,18-20,22-40H,6,8,17,21H2. The Hall–Kier alpha value is -7.42. The van der Waals surface area contributed by atoms with Crippen molar-refractivity contribution in [2.45, 2.75) is 25.7 Å². The number of hydrogen-bond acceptors (Lipinski definition) is 1. The largest absolute Gasteiger partial charge is 0.311 e. The number of allylic oxidation sites excluding steroid dienone is 5. The van der Waals surface area contributed by atoms with Gasteiger partial charge in [0.2, 0.25) is 0 Å². The van der Waals surface area contributed by atoms with Gasteiger partial charge in [0.25, 0.3) is 0 Å². The van der Waals surface area contributed by atoms with Crippen LogP contribution in [0.15, 0.2) is 212 Å². The van der Waals surface area contributed by atoms with Gasteiger partial charge in [-0.2, -0.15) is 0 Å². The van der Waals surface area contributed by atoms with E-state index in [1.165, 1.54) is 77.5 Å². The lowest BCUT2D eigenvalue weighted by atomic mass is 9.84. The fourth-order valence-electron chi connectivity index (χ4n) is 9.35. The van der Waals surface area contributed by atoms with Crippen molar-refractivity contribution < 1.29 is 0 Å². The molecule has 2 aliphatic rings. The SMILES string of the molecule is C1=CCCC(c2cc(-c3ccc(N(c4ccc(-c5ccccc5)cc4)c4ccc(-c5cccc(-n6c7ccccc7c7ccccc76)c5)cc4)cc3)cc3c2CCC=C3)=C1. The van der Waals surface area contributed by atoms with E-state index in [9.17, 15) is 0 Å². The maximum absolute atomic E-state index is 2.44. The van der Waals surface area contributed by atoms with Crippen LogP contribution < -0.4 is 4.90 Å². The first kappa shape index (κ1) is 35.7. The van der Waals surface area contributed by atoms with E-state index in [-0.39, 0.29) is 0 Å². The molecule has 0 radical (unpaired) electrons. The highest BCUT2D eigenvalue weighted by atomic mass is 15.1. The van der Waals surface area contributed by atoms with E-state index in [0.29, 0.717) is 0 Å². The molecule has 8 aromatic carbocycles. The molecule has 2 aliphatic carbocycles. The average molecular weight is 769 g/mol. The minimum atomic E-state index is 1.10. The normalized spacial score (nSPS) is 13.4. The molecule has 0 amide bonds. The van der Waals surface area contributed by atoms with Gasteiger partial charge in [0.1, 0.15) is 0 Å². The monoisotopic (exact) mass is 768 g/mol. The highest BCUT2D eigenvalue weighted by molar-refractivity contribution is 6.09. The Morgan fingerprint density at radius 3 is 1.60 bits per heavy atom. The zero-order chi connectivity index (χ0) is 39.8. The van der Waals surface area contributed by atoms with Crippen LogP contribution in [-0.4, -0.2) is 4.57 Å². The summed E-state index contributed by atoms with van der Waals surface area (Å²) in [4.78, 5) is 2.37. The van der Waals surface area contributed by atoms with Crippen LogP contribution in [0.2, 0.25) is 0 Å². The summed E-state index contributed by atoms with van der Waals surface area (Å²) in [6.07, 6.45) is 15.9. The number of hydrogen-bond donors (Lipinski definition) is 0. The quantitative estimate of drug-likeness (QED) is 0.149. The second-order valence-corrected chi connectivity index (χ2v) is 16.0. The number of rotatable bonds is 8. The van der Waals surface area contributed by atoms with Crippen LogP contribution in [0.3, 0.4) is 0 Å². The van der Waals surface area contributed by atoms with Gasteiger partial charge in [0.05, 0.1) is 11.0 Å². The average Bonchev–Trinajstić information content (AvgIpc) is 3.67. The van der Waals surface area contributed by atoms with E-state index in [1.807, 2.05) is 0 Å². The van der Waals surface area contributed by atoms with Crippen LogP contribution in [0.25, 0.3) is 72.5 Å². The van der Waals surface area contributed by atoms with Crippen LogP contribution in [0.5, 0.6) is 0 Å². The Bertz CT molecular complexity index is 3050. The number of nitrogens with zero attached hydrogens (tertiary/aromatic N) is 2. The van der Waals surface area contributed by atoms with Gasteiger partial charge >= 0.3 is 0 Å². The minimum absolute atomic E-state index is 1.10. The summed E-state index contributed by atoms with van der Waals surface area (Å²) in [5.74, 6) is 0. The predicted octanol–water partition coefficient (Wildman–Crippen LogP) is 15.9. The molecule has 2 nitrogen and oxygen atoms in total. The zero-order valence-corrected chi connectivity index (χ0v) is 33.5. The van der Waals surface area contributed by atoms with Crippen LogP contribution in [0, 0.1) is 0 Å². The molecule has 2 heteroatoms. The van der Waals surface area contributed by atoms with Crippen LogP contribution in [0.1, 0.15) is 36.0 Å². The molecule has 0 aliphatic heterocycles. The van der Waals surface area contributed by atoms with E-state index >= 15 is 0 Å². The second kappa shape index (κ2) is 15.4. The summed E-state index contributed by atoms with van der Waals surface area (Å²) in [5.41, 5.74) is 19.9. The maximum atomic E-state index is 2.44. The topological polar surface area (TPSA) is 8.17 Å². The lowest BCUT2D eigenvalue weighted by Gasteiger charge is -2.26. The number of para-hydroxylation sites is 2. The molecule has 0 N–H and O–H groups in total. The van der Waals surface area contributed by atoms with Crippen molar-refractivity contribution in [2.75, 3.05) is 4.90 Å². The number of anilines is 3. The first-order valence-electron chi connectivity index (χ1n) is 21.2. The Morgan fingerprint density at radius 2 is 0.967 bits per heavy atom. The van der Waals surface area contributed by atoms with Crippen molar-refractivity contribution in [3.8, 4) is 39.1 Å². The smallest absolute Gasteiger partial charge is 0.0541 e. The third-order valence-electron chi connectivity index (χ3n) is 12.3. The molecule has 0 atom stereocenters. The molecule has 0 spiro atoms. The molecule has 0 unspecified atom stereocenters. The number of aromatic nitrogens is 1. The minimum Gasteiger partial charge on any atom is -0.311 e. The lowest BCUT2D eigenvalue weighted by Crippen LogP contribution is -2.09. The molecule has 286 valence electrons. The first-order valence-corrected chi connectivity index (χ1v) is 21.2. The van der Waals surface area contributed by atoms with Gasteiger partial charge in [-0.25, -0.2) is 0 Å². The third kappa shape index (κ3) is 6.57. The van der Waals surface area contributed by atoms with Gasteiger partial charge < -0.3 is 9.47 Å². The molecule has 9 aromatic rings. The van der Waals surface area contributed by atoms with E-state index in [0.717, 1.165) is 48.4 Å². The summed E-state index contributed by atoms with van der Waals surface area (Å²) in [6, 6.07) is 68.9. The van der Waals surface area contributed by atoms with Crippen LogP contribution in [0.4, 0.5) is 17.1 Å². The maximum Gasteiger partial charge on any atom is 0.0541 e. The van der Waals surface area contributed by atoms with Crippen molar-refractivity contribution in [3.05, 3.63) is 229 Å². The molecule has 0 saturated heterocycles. The summed E-state index contributed by atoms with van der Waals surface area (Å²) < 4.78 is 2.39. The van der Waals surface area contributed by atoms with E-state index in [1.54, 1.807) is 0 Å². The summed E-state index contributed by atoms with van der Waals surface area (Å²) >= 11 is 0. The van der Waals surface area contributed by atoms with E-state index < -0.39 is 0 Å². The van der Waals surface area contributed by atoms with Gasteiger partial charge in [-0.05, 0) is 154 Å². The molecule has 1 aromatic heterocycles. The van der Waals surface area contributed by atoms with Crippen molar-refractivity contribution in [1.29, 1.82) is 0 Å². The summed E-state index contributed by atoms with van der Waals surface area (Å²) in [5, 5.41) is 2.54. The van der Waals surface area contributed by atoms with Gasteiger partial charge in [-0.15, -0.1) is 0 Å². The molecule has 60 heavy (non-hydrogen) atoms. The predicted molar refractivity (Wildman–Crippen MR) is 255 cm³/mol. The summed E-state index contributed by atoms with van der Waals surface area (Å²) in [6.45, 7) is 0. The highest BCUT2D eigenvalue weighted by Gasteiger charge is 2.18. The Kier molecular flexibility index (Phi) is 9.17. The number of fused-ring (bicyclic) bond motifs is 4. The van der Waals surface area contributed by atoms with Gasteiger partial charge in [0.15, 0.2) is 0 Å². The summed E-state index contributed by atoms with van der Waals surface area (Å²) in [7, 11) is 0. The molecular formula is C58H44N2. The number of benzene rings is 8. The molecule has 0 fully saturated rings. The first-order chi connectivity index (χ1) is 29.7. The van der Waals surface area contributed by atoms with Crippen molar-refractivity contribution in [3.63, 3.8) is 0 Å². The van der Waals surface area contributed by atoms with Gasteiger partial charge in [0, 0.05) is 33.5 Å². The van der Waals surface area contributed by atoms with Crippen LogP contribution in [-0.2, 0) is 6.42 Å². The van der Waals surface area contributed by atoms with Crippen LogP contribution >= 0.6 is 0 Å². The third-order valence-corrected chi connectivity index (χ3v) is 12.3. The molecule has 0 saturated carbocycles. The Morgan fingerprint density at radius 1 is 0.417 bits per heavy atom. The molecule has 1 heterocycles. The fraction of sp³-hybridized carbons (Fsp3) is 0.0690.